The number of amides is 1. The third kappa shape index (κ3) is 6.30. The van der Waals surface area contributed by atoms with Crippen molar-refractivity contribution in [2.75, 3.05) is 5.32 Å². The summed E-state index contributed by atoms with van der Waals surface area (Å²) in [5.41, 5.74) is -0.103. The minimum atomic E-state index is -0.855. The number of ether oxygens (including phenoxy) is 1. The smallest absolute Gasteiger partial charge is 0.319 e. The largest absolute Gasteiger partial charge is 0.462 e. The van der Waals surface area contributed by atoms with E-state index in [0.29, 0.717) is 12.5 Å². The van der Waals surface area contributed by atoms with Crippen molar-refractivity contribution in [3.8, 4) is 0 Å². The Hall–Kier alpha value is -1.63. The average Bonchev–Trinajstić information content (AvgIpc) is 2.55. The Kier molecular flexibility index (Phi) is 8.35. The number of benzene rings is 1. The molecule has 1 amide bonds. The topological polar surface area (TPSA) is 55.4 Å². The lowest BCUT2D eigenvalue weighted by Gasteiger charge is -2.22. The zero-order valence-corrected chi connectivity index (χ0v) is 16.0. The Balaban J connectivity index is 3.06. The van der Waals surface area contributed by atoms with Crippen LogP contribution in [0.5, 0.6) is 0 Å². The summed E-state index contributed by atoms with van der Waals surface area (Å²) in [6.07, 6.45) is 0.626. The fraction of sp³-hybridized carbons (Fsp3) is 0.556. The molecule has 140 valence electrons. The summed E-state index contributed by atoms with van der Waals surface area (Å²) in [6.45, 7) is 8.98. The molecule has 1 aromatic carbocycles. The molecule has 0 spiro atoms. The first-order valence-electron chi connectivity index (χ1n) is 8.35. The number of nitrogens with one attached hydrogen (secondary N) is 1. The third-order valence-corrected chi connectivity index (χ3v) is 5.16. The van der Waals surface area contributed by atoms with Crippen LogP contribution in [0.1, 0.15) is 47.5 Å². The van der Waals surface area contributed by atoms with Gasteiger partial charge in [0.1, 0.15) is 16.9 Å². The molecule has 0 saturated heterocycles. The number of carbonyl (C=O) groups is 2. The monoisotopic (exact) mass is 373 g/mol. The van der Waals surface area contributed by atoms with Crippen LogP contribution in [0, 0.1) is 17.6 Å². The van der Waals surface area contributed by atoms with Crippen LogP contribution in [-0.2, 0) is 14.3 Å². The Morgan fingerprint density at radius 2 is 1.80 bits per heavy atom. The first-order valence-corrected chi connectivity index (χ1v) is 9.23. The van der Waals surface area contributed by atoms with Gasteiger partial charge in [0.25, 0.3) is 0 Å². The van der Waals surface area contributed by atoms with Crippen molar-refractivity contribution in [1.29, 1.82) is 0 Å². The van der Waals surface area contributed by atoms with Gasteiger partial charge in [0, 0.05) is 17.4 Å². The van der Waals surface area contributed by atoms with Gasteiger partial charge in [-0.2, -0.15) is 0 Å². The van der Waals surface area contributed by atoms with Crippen molar-refractivity contribution in [1.82, 2.24) is 0 Å². The van der Waals surface area contributed by atoms with Crippen LogP contribution >= 0.6 is 11.8 Å². The molecule has 7 heteroatoms. The molecule has 0 bridgehead atoms. The molecule has 0 saturated carbocycles. The fourth-order valence-corrected chi connectivity index (χ4v) is 2.95. The maximum atomic E-state index is 14.1. The molecule has 0 heterocycles. The summed E-state index contributed by atoms with van der Waals surface area (Å²) < 4.78 is 33.3. The second kappa shape index (κ2) is 9.75. The summed E-state index contributed by atoms with van der Waals surface area (Å²) in [5.74, 6) is -2.55. The highest BCUT2D eigenvalue weighted by molar-refractivity contribution is 8.00. The first-order chi connectivity index (χ1) is 11.7. The molecule has 0 aliphatic heterocycles. The zero-order chi connectivity index (χ0) is 19.1. The van der Waals surface area contributed by atoms with Gasteiger partial charge in [-0.3, -0.25) is 9.59 Å². The van der Waals surface area contributed by atoms with Crippen LogP contribution in [0.2, 0.25) is 0 Å². The van der Waals surface area contributed by atoms with E-state index in [1.54, 1.807) is 13.8 Å². The predicted molar refractivity (Wildman–Crippen MR) is 95.6 cm³/mol. The van der Waals surface area contributed by atoms with Gasteiger partial charge in [-0.1, -0.05) is 27.7 Å². The van der Waals surface area contributed by atoms with E-state index in [1.165, 1.54) is 6.07 Å². The van der Waals surface area contributed by atoms with Gasteiger partial charge < -0.3 is 10.1 Å². The highest BCUT2D eigenvalue weighted by Crippen LogP contribution is 2.34. The van der Waals surface area contributed by atoms with Gasteiger partial charge in [0.05, 0.1) is 11.8 Å². The molecular formula is C18H25F2NO3S. The van der Waals surface area contributed by atoms with E-state index in [9.17, 15) is 18.4 Å². The molecule has 0 fully saturated rings. The van der Waals surface area contributed by atoms with E-state index in [-0.39, 0.29) is 34.9 Å². The summed E-state index contributed by atoms with van der Waals surface area (Å²) in [4.78, 5) is 23.9. The lowest BCUT2D eigenvalue weighted by Crippen LogP contribution is -2.28. The number of rotatable bonds is 8. The van der Waals surface area contributed by atoms with Crippen LogP contribution < -0.4 is 5.32 Å². The van der Waals surface area contributed by atoms with E-state index in [1.807, 2.05) is 20.8 Å². The molecule has 1 aromatic rings. The predicted octanol–water partition coefficient (Wildman–Crippen LogP) is 4.77. The molecule has 2 atom stereocenters. The van der Waals surface area contributed by atoms with Crippen molar-refractivity contribution in [2.24, 2.45) is 5.92 Å². The Labute approximate surface area is 151 Å². The Bertz CT molecular complexity index is 623. The molecule has 0 radical (unpaired) electrons. The van der Waals surface area contributed by atoms with Gasteiger partial charge in [0.15, 0.2) is 0 Å². The summed E-state index contributed by atoms with van der Waals surface area (Å²) in [7, 11) is 0. The second-order valence-electron chi connectivity index (χ2n) is 6.10. The van der Waals surface area contributed by atoms with Gasteiger partial charge >= 0.3 is 5.97 Å². The highest BCUT2D eigenvalue weighted by Gasteiger charge is 2.28. The third-order valence-electron chi connectivity index (χ3n) is 3.60. The minimum Gasteiger partial charge on any atom is -0.462 e. The van der Waals surface area contributed by atoms with E-state index >= 15 is 0 Å². The lowest BCUT2D eigenvalue weighted by molar-refractivity contribution is -0.148. The highest BCUT2D eigenvalue weighted by atomic mass is 32.2. The molecule has 1 N–H and O–H groups in total. The molecule has 25 heavy (non-hydrogen) atoms. The summed E-state index contributed by atoms with van der Waals surface area (Å²) in [6, 6.07) is 1.93. The molecule has 1 rings (SSSR count). The van der Waals surface area contributed by atoms with E-state index < -0.39 is 22.9 Å². The van der Waals surface area contributed by atoms with E-state index in [2.05, 4.69) is 5.32 Å². The van der Waals surface area contributed by atoms with Crippen molar-refractivity contribution in [2.45, 2.75) is 63.7 Å². The van der Waals surface area contributed by atoms with Gasteiger partial charge in [0.2, 0.25) is 5.91 Å². The fourth-order valence-electron chi connectivity index (χ4n) is 1.90. The maximum absolute atomic E-state index is 14.1. The van der Waals surface area contributed by atoms with Gasteiger partial charge in [-0.15, -0.1) is 11.8 Å². The normalized spacial score (nSPS) is 13.4. The number of anilines is 1. The lowest BCUT2D eigenvalue weighted by atomic mass is 10.1. The quantitative estimate of drug-likeness (QED) is 0.527. The number of hydrogen-bond donors (Lipinski definition) is 1. The Morgan fingerprint density at radius 3 is 2.32 bits per heavy atom. The van der Waals surface area contributed by atoms with Crippen LogP contribution in [0.25, 0.3) is 0 Å². The molecule has 0 aromatic heterocycles. The van der Waals surface area contributed by atoms with E-state index in [0.717, 1.165) is 11.8 Å². The van der Waals surface area contributed by atoms with E-state index in [4.69, 9.17) is 4.74 Å². The second-order valence-corrected chi connectivity index (χ2v) is 7.29. The van der Waals surface area contributed by atoms with Crippen molar-refractivity contribution >= 4 is 29.3 Å². The van der Waals surface area contributed by atoms with Crippen molar-refractivity contribution in [3.05, 3.63) is 23.8 Å². The summed E-state index contributed by atoms with van der Waals surface area (Å²) >= 11 is 0.974. The molecular weight excluding hydrogens is 348 g/mol. The van der Waals surface area contributed by atoms with Crippen molar-refractivity contribution in [3.63, 3.8) is 0 Å². The number of esters is 1. The van der Waals surface area contributed by atoms with Crippen LogP contribution in [0.4, 0.5) is 14.5 Å². The number of halogens is 2. The number of hydrogen-bond acceptors (Lipinski definition) is 4. The summed E-state index contributed by atoms with van der Waals surface area (Å²) in [5, 5.41) is 1.75. The van der Waals surface area contributed by atoms with Crippen LogP contribution in [0.15, 0.2) is 17.0 Å². The minimum absolute atomic E-state index is 0.0904. The Morgan fingerprint density at radius 1 is 1.16 bits per heavy atom. The van der Waals surface area contributed by atoms with Crippen LogP contribution in [0.3, 0.4) is 0 Å². The standard InChI is InChI=1S/C18H25F2NO3S/c1-6-11(5)24-18(23)17(10(3)4)25-15-9-14(21-16(22)7-2)12(19)8-13(15)20/h8-11,17H,6-7H2,1-5H3,(H,21,22). The van der Waals surface area contributed by atoms with Crippen LogP contribution in [-0.4, -0.2) is 23.2 Å². The molecule has 0 aliphatic carbocycles. The average molecular weight is 373 g/mol. The first kappa shape index (κ1) is 21.4. The molecule has 4 nitrogen and oxygen atoms in total. The zero-order valence-electron chi connectivity index (χ0n) is 15.2. The SMILES string of the molecule is CCC(=O)Nc1cc(SC(C(=O)OC(C)CC)C(C)C)c(F)cc1F. The number of carbonyl (C=O) groups excluding carboxylic acids is 2. The maximum Gasteiger partial charge on any atom is 0.319 e. The molecule has 2 unspecified atom stereocenters. The number of thioether (sulfide) groups is 1. The van der Waals surface area contributed by atoms with Gasteiger partial charge in [-0.25, -0.2) is 8.78 Å². The van der Waals surface area contributed by atoms with Gasteiger partial charge in [-0.05, 0) is 25.3 Å². The molecule has 0 aliphatic rings. The van der Waals surface area contributed by atoms with Crippen molar-refractivity contribution < 1.29 is 23.1 Å².